The van der Waals surface area contributed by atoms with Crippen LogP contribution >= 0.6 is 0 Å². The van der Waals surface area contributed by atoms with Crippen molar-refractivity contribution in [2.24, 2.45) is 0 Å². The van der Waals surface area contributed by atoms with Gasteiger partial charge in [0.05, 0.1) is 0 Å². The second kappa shape index (κ2) is 6.89. The van der Waals surface area contributed by atoms with Crippen LogP contribution in [-0.4, -0.2) is 35.8 Å². The van der Waals surface area contributed by atoms with Gasteiger partial charge in [-0.25, -0.2) is 0 Å². The van der Waals surface area contributed by atoms with E-state index in [1.165, 1.54) is 0 Å². The summed E-state index contributed by atoms with van der Waals surface area (Å²) in [5.74, 6) is -0.0555. The van der Waals surface area contributed by atoms with Gasteiger partial charge >= 0.3 is 0 Å². The van der Waals surface area contributed by atoms with Gasteiger partial charge in [0.25, 0.3) is 0 Å². The van der Waals surface area contributed by atoms with Gasteiger partial charge in [0.2, 0.25) is 11.8 Å². The lowest BCUT2D eigenvalue weighted by atomic mass is 10.1. The first-order chi connectivity index (χ1) is 9.70. The molecule has 1 heterocycles. The maximum absolute atomic E-state index is 12.5. The standard InChI is InChI=1S/C16H20N2O2/c1-2-3-10-18-11-9-15(19)17-14(16(18)20)12-13-7-5-4-6-8-13/h2-8,14H,9-12H2,1H3,(H,17,19)/b3-2+. The van der Waals surface area contributed by atoms with Crippen LogP contribution in [0, 0.1) is 0 Å². The minimum Gasteiger partial charge on any atom is -0.344 e. The number of carbonyl (C=O) groups excluding carboxylic acids is 2. The number of nitrogens with zero attached hydrogens (tertiary/aromatic N) is 1. The molecule has 1 aromatic rings. The highest BCUT2D eigenvalue weighted by Crippen LogP contribution is 2.10. The molecule has 1 saturated heterocycles. The molecular weight excluding hydrogens is 252 g/mol. The summed E-state index contributed by atoms with van der Waals surface area (Å²) in [6.07, 6.45) is 4.76. The van der Waals surface area contributed by atoms with Crippen molar-refractivity contribution in [3.05, 3.63) is 48.0 Å². The summed E-state index contributed by atoms with van der Waals surface area (Å²) in [7, 11) is 0. The molecule has 0 aliphatic carbocycles. The average molecular weight is 272 g/mol. The first kappa shape index (κ1) is 14.3. The zero-order chi connectivity index (χ0) is 14.4. The molecule has 4 heteroatoms. The van der Waals surface area contributed by atoms with E-state index >= 15 is 0 Å². The van der Waals surface area contributed by atoms with Crippen LogP contribution in [0.25, 0.3) is 0 Å². The van der Waals surface area contributed by atoms with Crippen LogP contribution in [0.15, 0.2) is 42.5 Å². The molecule has 0 saturated carbocycles. The molecule has 20 heavy (non-hydrogen) atoms. The number of carbonyl (C=O) groups is 2. The molecule has 2 rings (SSSR count). The number of nitrogens with one attached hydrogen (secondary N) is 1. The fraction of sp³-hybridized carbons (Fsp3) is 0.375. The van der Waals surface area contributed by atoms with Crippen LogP contribution in [0.4, 0.5) is 0 Å². The molecule has 1 fully saturated rings. The molecule has 4 nitrogen and oxygen atoms in total. The van der Waals surface area contributed by atoms with Gasteiger partial charge in [0.15, 0.2) is 0 Å². The van der Waals surface area contributed by atoms with Gasteiger partial charge in [0, 0.05) is 25.9 Å². The molecule has 0 radical (unpaired) electrons. The van der Waals surface area contributed by atoms with Crippen molar-refractivity contribution in [2.75, 3.05) is 13.1 Å². The topological polar surface area (TPSA) is 49.4 Å². The minimum absolute atomic E-state index is 0.00203. The molecule has 0 bridgehead atoms. The van der Waals surface area contributed by atoms with Crippen molar-refractivity contribution >= 4 is 11.8 Å². The fourth-order valence-corrected chi connectivity index (χ4v) is 2.30. The van der Waals surface area contributed by atoms with E-state index < -0.39 is 6.04 Å². The summed E-state index contributed by atoms with van der Waals surface area (Å²) in [5.41, 5.74) is 1.05. The second-order valence-corrected chi connectivity index (χ2v) is 4.91. The molecule has 106 valence electrons. The fourth-order valence-electron chi connectivity index (χ4n) is 2.30. The Morgan fingerprint density at radius 2 is 2.05 bits per heavy atom. The molecule has 1 aromatic carbocycles. The van der Waals surface area contributed by atoms with Crippen molar-refractivity contribution < 1.29 is 9.59 Å². The molecule has 1 aliphatic rings. The van der Waals surface area contributed by atoms with E-state index in [-0.39, 0.29) is 11.8 Å². The van der Waals surface area contributed by atoms with Crippen LogP contribution in [0.2, 0.25) is 0 Å². The predicted molar refractivity (Wildman–Crippen MR) is 78.1 cm³/mol. The average Bonchev–Trinajstić information content (AvgIpc) is 2.59. The third-order valence-electron chi connectivity index (χ3n) is 3.40. The summed E-state index contributed by atoms with van der Waals surface area (Å²) in [5, 5.41) is 2.83. The first-order valence-electron chi connectivity index (χ1n) is 6.94. The molecule has 0 aromatic heterocycles. The van der Waals surface area contributed by atoms with Gasteiger partial charge in [-0.05, 0) is 12.5 Å². The van der Waals surface area contributed by atoms with Crippen LogP contribution in [0.3, 0.4) is 0 Å². The SMILES string of the molecule is C/C=C/CN1CCC(=O)NC(Cc2ccccc2)C1=O. The van der Waals surface area contributed by atoms with Gasteiger partial charge in [0.1, 0.15) is 6.04 Å². The summed E-state index contributed by atoms with van der Waals surface area (Å²) < 4.78 is 0. The summed E-state index contributed by atoms with van der Waals surface area (Å²) >= 11 is 0. The van der Waals surface area contributed by atoms with Crippen LogP contribution in [0.5, 0.6) is 0 Å². The highest BCUT2D eigenvalue weighted by atomic mass is 16.2. The number of hydrogen-bond acceptors (Lipinski definition) is 2. The van der Waals surface area contributed by atoms with Crippen molar-refractivity contribution in [3.8, 4) is 0 Å². The second-order valence-electron chi connectivity index (χ2n) is 4.91. The summed E-state index contributed by atoms with van der Waals surface area (Å²) in [4.78, 5) is 26.0. The Morgan fingerprint density at radius 1 is 1.30 bits per heavy atom. The molecule has 0 spiro atoms. The quantitative estimate of drug-likeness (QED) is 0.845. The van der Waals surface area contributed by atoms with Crippen molar-refractivity contribution in [1.29, 1.82) is 0 Å². The Morgan fingerprint density at radius 3 is 2.75 bits per heavy atom. The maximum Gasteiger partial charge on any atom is 0.245 e. The maximum atomic E-state index is 12.5. The third-order valence-corrected chi connectivity index (χ3v) is 3.40. The van der Waals surface area contributed by atoms with E-state index in [0.29, 0.717) is 25.9 Å². The van der Waals surface area contributed by atoms with E-state index in [2.05, 4.69) is 5.32 Å². The summed E-state index contributed by atoms with van der Waals surface area (Å²) in [6.45, 7) is 2.98. The van der Waals surface area contributed by atoms with Crippen LogP contribution in [0.1, 0.15) is 18.9 Å². The normalized spacial score (nSPS) is 20.1. The molecule has 1 aliphatic heterocycles. The van der Waals surface area contributed by atoms with Gasteiger partial charge in [-0.2, -0.15) is 0 Å². The van der Waals surface area contributed by atoms with Crippen LogP contribution in [-0.2, 0) is 16.0 Å². The number of rotatable bonds is 4. The van der Waals surface area contributed by atoms with Gasteiger partial charge in [-0.15, -0.1) is 0 Å². The van der Waals surface area contributed by atoms with Crippen LogP contribution < -0.4 is 5.32 Å². The Hall–Kier alpha value is -2.10. The molecular formula is C16H20N2O2. The zero-order valence-corrected chi connectivity index (χ0v) is 11.7. The van der Waals surface area contributed by atoms with E-state index in [0.717, 1.165) is 5.56 Å². The van der Waals surface area contributed by atoms with E-state index in [1.807, 2.05) is 49.4 Å². The highest BCUT2D eigenvalue weighted by Gasteiger charge is 2.29. The monoisotopic (exact) mass is 272 g/mol. The molecule has 1 atom stereocenters. The highest BCUT2D eigenvalue weighted by molar-refractivity contribution is 5.90. The smallest absolute Gasteiger partial charge is 0.245 e. The van der Waals surface area contributed by atoms with Gasteiger partial charge in [-0.1, -0.05) is 42.5 Å². The van der Waals surface area contributed by atoms with E-state index in [4.69, 9.17) is 0 Å². The number of allylic oxidation sites excluding steroid dienone is 1. The van der Waals surface area contributed by atoms with E-state index in [1.54, 1.807) is 4.90 Å². The van der Waals surface area contributed by atoms with Crippen molar-refractivity contribution in [2.45, 2.75) is 25.8 Å². The third kappa shape index (κ3) is 3.70. The molecule has 1 unspecified atom stereocenters. The van der Waals surface area contributed by atoms with E-state index in [9.17, 15) is 9.59 Å². The molecule has 2 amide bonds. The zero-order valence-electron chi connectivity index (χ0n) is 11.7. The lowest BCUT2D eigenvalue weighted by Crippen LogP contribution is -2.46. The number of benzene rings is 1. The van der Waals surface area contributed by atoms with Crippen molar-refractivity contribution in [3.63, 3.8) is 0 Å². The Bertz CT molecular complexity index is 496. The number of amides is 2. The Labute approximate surface area is 119 Å². The van der Waals surface area contributed by atoms with Crippen molar-refractivity contribution in [1.82, 2.24) is 10.2 Å². The van der Waals surface area contributed by atoms with Gasteiger partial charge < -0.3 is 10.2 Å². The summed E-state index contributed by atoms with van der Waals surface area (Å²) in [6, 6.07) is 9.31. The largest absolute Gasteiger partial charge is 0.344 e. The Balaban J connectivity index is 2.11. The lowest BCUT2D eigenvalue weighted by Gasteiger charge is -2.22. The number of hydrogen-bond donors (Lipinski definition) is 1. The first-order valence-corrected chi connectivity index (χ1v) is 6.94. The van der Waals surface area contributed by atoms with Gasteiger partial charge in [-0.3, -0.25) is 9.59 Å². The Kier molecular flexibility index (Phi) is 4.93. The predicted octanol–water partition coefficient (Wildman–Crippen LogP) is 1.52. The minimum atomic E-state index is -0.461. The molecule has 1 N–H and O–H groups in total. The lowest BCUT2D eigenvalue weighted by molar-refractivity contribution is -0.133.